The quantitative estimate of drug-likeness (QED) is 0.736. The molecule has 0 saturated carbocycles. The minimum absolute atomic E-state index is 0.210. The zero-order valence-corrected chi connectivity index (χ0v) is 8.13. The van der Waals surface area contributed by atoms with Gasteiger partial charge >= 0.3 is 0 Å². The van der Waals surface area contributed by atoms with Gasteiger partial charge in [0.05, 0.1) is 5.69 Å². The maximum absolute atomic E-state index is 12.8. The second-order valence-electron chi connectivity index (χ2n) is 3.40. The molecule has 72 valence electrons. The average molecular weight is 190 g/mol. The predicted molar refractivity (Wildman–Crippen MR) is 53.5 cm³/mol. The van der Waals surface area contributed by atoms with E-state index in [0.717, 1.165) is 22.5 Å². The zero-order chi connectivity index (χ0) is 10.1. The van der Waals surface area contributed by atoms with Crippen molar-refractivity contribution in [1.82, 2.24) is 10.2 Å². The molecule has 0 saturated heterocycles. The summed E-state index contributed by atoms with van der Waals surface area (Å²) in [6.45, 7) is 3.82. The van der Waals surface area contributed by atoms with E-state index in [2.05, 4.69) is 10.2 Å². The molecular formula is C11H11FN2. The largest absolute Gasteiger partial charge is 0.282 e. The van der Waals surface area contributed by atoms with Crippen LogP contribution in [0.2, 0.25) is 0 Å². The van der Waals surface area contributed by atoms with Crippen LogP contribution in [-0.4, -0.2) is 10.2 Å². The van der Waals surface area contributed by atoms with Crippen LogP contribution in [-0.2, 0) is 0 Å². The maximum Gasteiger partial charge on any atom is 0.123 e. The molecule has 0 radical (unpaired) electrons. The van der Waals surface area contributed by atoms with E-state index in [-0.39, 0.29) is 5.82 Å². The summed E-state index contributed by atoms with van der Waals surface area (Å²) in [5.74, 6) is -0.210. The fourth-order valence-corrected chi connectivity index (χ4v) is 1.47. The summed E-state index contributed by atoms with van der Waals surface area (Å²) < 4.78 is 12.8. The fourth-order valence-electron chi connectivity index (χ4n) is 1.47. The highest BCUT2D eigenvalue weighted by molar-refractivity contribution is 5.63. The summed E-state index contributed by atoms with van der Waals surface area (Å²) >= 11 is 0. The molecule has 14 heavy (non-hydrogen) atoms. The van der Waals surface area contributed by atoms with Crippen LogP contribution in [0, 0.1) is 19.7 Å². The first-order valence-corrected chi connectivity index (χ1v) is 4.45. The van der Waals surface area contributed by atoms with Crippen LogP contribution >= 0.6 is 0 Å². The topological polar surface area (TPSA) is 28.7 Å². The van der Waals surface area contributed by atoms with E-state index >= 15 is 0 Å². The molecule has 0 fully saturated rings. The summed E-state index contributed by atoms with van der Waals surface area (Å²) in [6, 6.07) is 6.66. The number of aryl methyl sites for hydroxylation is 2. The first kappa shape index (κ1) is 8.94. The second-order valence-corrected chi connectivity index (χ2v) is 3.40. The van der Waals surface area contributed by atoms with Gasteiger partial charge in [-0.2, -0.15) is 5.10 Å². The molecular weight excluding hydrogens is 179 g/mol. The Labute approximate surface area is 81.8 Å². The lowest BCUT2D eigenvalue weighted by molar-refractivity contribution is 0.627. The summed E-state index contributed by atoms with van der Waals surface area (Å²) in [7, 11) is 0. The normalized spacial score (nSPS) is 10.5. The van der Waals surface area contributed by atoms with E-state index in [0.29, 0.717) is 0 Å². The van der Waals surface area contributed by atoms with Gasteiger partial charge in [-0.1, -0.05) is 0 Å². The molecule has 2 rings (SSSR count). The van der Waals surface area contributed by atoms with Gasteiger partial charge < -0.3 is 0 Å². The molecule has 0 bridgehead atoms. The molecule has 1 aromatic carbocycles. The van der Waals surface area contributed by atoms with E-state index in [9.17, 15) is 4.39 Å². The summed E-state index contributed by atoms with van der Waals surface area (Å²) in [6.07, 6.45) is 0. The predicted octanol–water partition coefficient (Wildman–Crippen LogP) is 2.83. The molecule has 1 aromatic heterocycles. The molecule has 0 atom stereocenters. The van der Waals surface area contributed by atoms with Crippen molar-refractivity contribution in [1.29, 1.82) is 0 Å². The number of hydrogen-bond donors (Lipinski definition) is 1. The number of nitrogens with zero attached hydrogens (tertiary/aromatic N) is 1. The highest BCUT2D eigenvalue weighted by atomic mass is 19.1. The first-order chi connectivity index (χ1) is 6.66. The Hall–Kier alpha value is -1.64. The molecule has 0 unspecified atom stereocenters. The first-order valence-electron chi connectivity index (χ1n) is 4.45. The van der Waals surface area contributed by atoms with Gasteiger partial charge in [0.15, 0.2) is 0 Å². The Morgan fingerprint density at radius 1 is 1.21 bits per heavy atom. The van der Waals surface area contributed by atoms with Gasteiger partial charge in [0, 0.05) is 11.3 Å². The molecule has 0 amide bonds. The Bertz CT molecular complexity index is 460. The summed E-state index contributed by atoms with van der Waals surface area (Å²) in [4.78, 5) is 0. The number of benzene rings is 1. The second kappa shape index (κ2) is 3.25. The zero-order valence-electron chi connectivity index (χ0n) is 8.13. The lowest BCUT2D eigenvalue weighted by Crippen LogP contribution is -1.85. The van der Waals surface area contributed by atoms with Crippen LogP contribution in [0.3, 0.4) is 0 Å². The van der Waals surface area contributed by atoms with Gasteiger partial charge in [-0.05, 0) is 43.7 Å². The van der Waals surface area contributed by atoms with E-state index in [1.165, 1.54) is 12.1 Å². The van der Waals surface area contributed by atoms with Gasteiger partial charge in [-0.25, -0.2) is 4.39 Å². The number of aromatic nitrogens is 2. The van der Waals surface area contributed by atoms with Crippen molar-refractivity contribution >= 4 is 0 Å². The molecule has 1 N–H and O–H groups in total. The molecule has 0 aliphatic heterocycles. The fraction of sp³-hybridized carbons (Fsp3) is 0.182. The van der Waals surface area contributed by atoms with E-state index in [4.69, 9.17) is 0 Å². The van der Waals surface area contributed by atoms with Crippen LogP contribution in [0.4, 0.5) is 4.39 Å². The van der Waals surface area contributed by atoms with Gasteiger partial charge in [0.2, 0.25) is 0 Å². The van der Waals surface area contributed by atoms with Crippen LogP contribution in [0.5, 0.6) is 0 Å². The number of nitrogens with one attached hydrogen (secondary N) is 1. The van der Waals surface area contributed by atoms with Crippen molar-refractivity contribution in [3.63, 3.8) is 0 Å². The van der Waals surface area contributed by atoms with Crippen LogP contribution in [0.1, 0.15) is 11.3 Å². The number of rotatable bonds is 1. The van der Waals surface area contributed by atoms with Gasteiger partial charge in [0.25, 0.3) is 0 Å². The van der Waals surface area contributed by atoms with Crippen molar-refractivity contribution < 1.29 is 4.39 Å². The third kappa shape index (κ3) is 1.53. The summed E-state index contributed by atoms with van der Waals surface area (Å²) in [5, 5.41) is 6.99. The van der Waals surface area contributed by atoms with E-state index in [1.807, 2.05) is 19.9 Å². The number of H-pyrrole nitrogens is 1. The third-order valence-electron chi connectivity index (χ3n) is 2.17. The Morgan fingerprint density at radius 2 is 2.00 bits per heavy atom. The van der Waals surface area contributed by atoms with Crippen molar-refractivity contribution in [2.24, 2.45) is 0 Å². The highest BCUT2D eigenvalue weighted by Gasteiger charge is 2.05. The SMILES string of the molecule is Cc1cc(-c2ccc(F)cc2C)n[nH]1. The molecule has 0 aliphatic rings. The van der Waals surface area contributed by atoms with Crippen molar-refractivity contribution in [3.8, 4) is 11.3 Å². The molecule has 1 heterocycles. The third-order valence-corrected chi connectivity index (χ3v) is 2.17. The highest BCUT2D eigenvalue weighted by Crippen LogP contribution is 2.22. The number of aromatic amines is 1. The van der Waals surface area contributed by atoms with E-state index < -0.39 is 0 Å². The molecule has 2 aromatic rings. The van der Waals surface area contributed by atoms with Gasteiger partial charge in [0.1, 0.15) is 5.82 Å². The molecule has 0 spiro atoms. The monoisotopic (exact) mass is 190 g/mol. The van der Waals surface area contributed by atoms with Crippen molar-refractivity contribution in [3.05, 3.63) is 41.3 Å². The minimum atomic E-state index is -0.210. The average Bonchev–Trinajstić information content (AvgIpc) is 2.51. The van der Waals surface area contributed by atoms with Crippen LogP contribution in [0.15, 0.2) is 24.3 Å². The molecule has 2 nitrogen and oxygen atoms in total. The number of halogens is 1. The van der Waals surface area contributed by atoms with Crippen LogP contribution in [0.25, 0.3) is 11.3 Å². The smallest absolute Gasteiger partial charge is 0.123 e. The van der Waals surface area contributed by atoms with Crippen molar-refractivity contribution in [2.45, 2.75) is 13.8 Å². The van der Waals surface area contributed by atoms with Gasteiger partial charge in [-0.15, -0.1) is 0 Å². The van der Waals surface area contributed by atoms with E-state index in [1.54, 1.807) is 6.07 Å². The Balaban J connectivity index is 2.52. The van der Waals surface area contributed by atoms with Crippen LogP contribution < -0.4 is 0 Å². The number of hydrogen-bond acceptors (Lipinski definition) is 1. The lowest BCUT2D eigenvalue weighted by atomic mass is 10.1. The Kier molecular flexibility index (Phi) is 2.08. The summed E-state index contributed by atoms with van der Waals surface area (Å²) in [5.41, 5.74) is 3.73. The maximum atomic E-state index is 12.8. The minimum Gasteiger partial charge on any atom is -0.282 e. The molecule has 3 heteroatoms. The lowest BCUT2D eigenvalue weighted by Gasteiger charge is -2.01. The van der Waals surface area contributed by atoms with Crippen molar-refractivity contribution in [2.75, 3.05) is 0 Å². The Morgan fingerprint density at radius 3 is 2.57 bits per heavy atom. The molecule has 0 aliphatic carbocycles. The van der Waals surface area contributed by atoms with Gasteiger partial charge in [-0.3, -0.25) is 5.10 Å². The standard InChI is InChI=1S/C11H11FN2/c1-7-5-9(12)3-4-10(7)11-6-8(2)13-14-11/h3-6H,1-2H3,(H,13,14).